The number of hydrogen-bond donors (Lipinski definition) is 0. The van der Waals surface area contributed by atoms with Gasteiger partial charge in [0.05, 0.1) is 0 Å². The molecule has 0 saturated heterocycles. The molecule has 1 aliphatic heterocycles. The second kappa shape index (κ2) is 6.58. The second-order valence-electron chi connectivity index (χ2n) is 4.58. The number of allylic oxidation sites excluding steroid dienone is 1. The lowest BCUT2D eigenvalue weighted by atomic mass is 10.1. The van der Waals surface area contributed by atoms with Gasteiger partial charge in [-0.05, 0) is 51.3 Å². The van der Waals surface area contributed by atoms with Crippen molar-refractivity contribution in [2.24, 2.45) is 0 Å². The quantitative estimate of drug-likeness (QED) is 0.689. The molecule has 2 aliphatic carbocycles. The van der Waals surface area contributed by atoms with Gasteiger partial charge in [-0.2, -0.15) is 10.5 Å². The van der Waals surface area contributed by atoms with Crippen LogP contribution in [0.1, 0.15) is 11.1 Å². The number of nitriles is 2. The molecule has 0 fully saturated rings. The Hall–Kier alpha value is -2.40. The average Bonchev–Trinajstić information content (AvgIpc) is 3.11. The Morgan fingerprint density at radius 1 is 1.00 bits per heavy atom. The molecule has 1 heterocycles. The summed E-state index contributed by atoms with van der Waals surface area (Å²) in [6, 6.07) is 16.0. The van der Waals surface area contributed by atoms with Crippen LogP contribution in [0.25, 0.3) is 23.3 Å². The van der Waals surface area contributed by atoms with Crippen LogP contribution in [0.3, 0.4) is 0 Å². The van der Waals surface area contributed by atoms with E-state index < -0.39 is 0 Å². The molecular formula is C18H10N2S2. The van der Waals surface area contributed by atoms with Crippen LogP contribution in [-0.4, -0.2) is 0 Å². The maximum absolute atomic E-state index is 8.89. The van der Waals surface area contributed by atoms with Crippen LogP contribution in [0.4, 0.5) is 0 Å². The Balaban J connectivity index is 1.99. The highest BCUT2D eigenvalue weighted by atomic mass is 32.2. The molecule has 0 aromatic carbocycles. The first-order chi connectivity index (χ1) is 10.8. The van der Waals surface area contributed by atoms with Crippen LogP contribution >= 0.6 is 23.5 Å². The third kappa shape index (κ3) is 3.09. The van der Waals surface area contributed by atoms with Gasteiger partial charge < -0.3 is 0 Å². The van der Waals surface area contributed by atoms with Crippen molar-refractivity contribution < 1.29 is 0 Å². The Labute approximate surface area is 137 Å². The van der Waals surface area contributed by atoms with Gasteiger partial charge in [-0.3, -0.25) is 0 Å². The van der Waals surface area contributed by atoms with Crippen LogP contribution in [-0.2, 0) is 0 Å². The van der Waals surface area contributed by atoms with Gasteiger partial charge in [0.15, 0.2) is 0 Å². The zero-order valence-electron chi connectivity index (χ0n) is 11.5. The highest BCUT2D eigenvalue weighted by Crippen LogP contribution is 2.39. The lowest BCUT2D eigenvalue weighted by Gasteiger charge is -1.96. The minimum atomic E-state index is 0.117. The minimum absolute atomic E-state index is 0.117. The topological polar surface area (TPSA) is 47.6 Å². The minimum Gasteiger partial charge on any atom is -0.192 e. The Morgan fingerprint density at radius 3 is 2.50 bits per heavy atom. The predicted molar refractivity (Wildman–Crippen MR) is 94.6 cm³/mol. The highest BCUT2D eigenvalue weighted by Gasteiger charge is 2.08. The van der Waals surface area contributed by atoms with Crippen molar-refractivity contribution in [3.05, 3.63) is 68.2 Å². The summed E-state index contributed by atoms with van der Waals surface area (Å²) >= 11 is 3.44. The number of hydrogen-bond acceptors (Lipinski definition) is 4. The van der Waals surface area contributed by atoms with Gasteiger partial charge in [0, 0.05) is 4.24 Å². The molecule has 4 heteroatoms. The van der Waals surface area contributed by atoms with Gasteiger partial charge in [-0.15, -0.1) is 0 Å². The highest BCUT2D eigenvalue weighted by molar-refractivity contribution is 8.27. The Bertz CT molecular complexity index is 838. The summed E-state index contributed by atoms with van der Waals surface area (Å²) in [4.78, 5) is 0. The molecule has 0 aromatic rings. The molecule has 0 aromatic heterocycles. The summed E-state index contributed by atoms with van der Waals surface area (Å²) in [5.41, 5.74) is 4.28. The lowest BCUT2D eigenvalue weighted by molar-refractivity contribution is 1.47. The van der Waals surface area contributed by atoms with Crippen molar-refractivity contribution in [2.45, 2.75) is 0 Å². The van der Waals surface area contributed by atoms with Crippen molar-refractivity contribution >= 4 is 35.7 Å². The summed E-state index contributed by atoms with van der Waals surface area (Å²) in [7, 11) is 0. The maximum atomic E-state index is 8.89. The van der Waals surface area contributed by atoms with Crippen LogP contribution in [0.5, 0.6) is 0 Å². The SMILES string of the molecule is N#CC(C#N)=Cc1ccc2cc(C=C3SC=CS3)cccc1-2. The van der Waals surface area contributed by atoms with E-state index in [1.165, 1.54) is 4.24 Å². The molecular weight excluding hydrogens is 308 g/mol. The van der Waals surface area contributed by atoms with E-state index in [0.717, 1.165) is 22.3 Å². The van der Waals surface area contributed by atoms with Crippen molar-refractivity contribution in [3.63, 3.8) is 0 Å². The zero-order valence-corrected chi connectivity index (χ0v) is 13.1. The third-order valence-electron chi connectivity index (χ3n) is 3.19. The Morgan fingerprint density at radius 2 is 1.77 bits per heavy atom. The molecule has 0 amide bonds. The summed E-state index contributed by atoms with van der Waals surface area (Å²) in [5, 5.41) is 21.9. The smallest absolute Gasteiger partial charge is 0.130 e. The molecule has 0 bridgehead atoms. The van der Waals surface area contributed by atoms with Gasteiger partial charge in [0.25, 0.3) is 0 Å². The molecule has 104 valence electrons. The van der Waals surface area contributed by atoms with E-state index in [-0.39, 0.29) is 5.57 Å². The van der Waals surface area contributed by atoms with E-state index in [0.29, 0.717) is 0 Å². The van der Waals surface area contributed by atoms with E-state index in [4.69, 9.17) is 10.5 Å². The number of nitrogens with zero attached hydrogens (tertiary/aromatic N) is 2. The van der Waals surface area contributed by atoms with Crippen molar-refractivity contribution in [2.75, 3.05) is 0 Å². The molecule has 0 atom stereocenters. The average molecular weight is 318 g/mol. The maximum Gasteiger partial charge on any atom is 0.130 e. The molecule has 0 N–H and O–H groups in total. The summed E-state index contributed by atoms with van der Waals surface area (Å²) in [6.45, 7) is 0. The number of thioether (sulfide) groups is 2. The number of fused-ring (bicyclic) bond motifs is 1. The van der Waals surface area contributed by atoms with E-state index in [2.05, 4.69) is 29.0 Å². The van der Waals surface area contributed by atoms with Crippen LogP contribution in [0, 0.1) is 22.7 Å². The molecule has 3 rings (SSSR count). The molecule has 2 nitrogen and oxygen atoms in total. The lowest BCUT2D eigenvalue weighted by Crippen LogP contribution is -1.75. The van der Waals surface area contributed by atoms with Crippen molar-refractivity contribution in [3.8, 4) is 23.3 Å². The van der Waals surface area contributed by atoms with E-state index >= 15 is 0 Å². The van der Waals surface area contributed by atoms with Gasteiger partial charge in [-0.25, -0.2) is 0 Å². The van der Waals surface area contributed by atoms with Crippen molar-refractivity contribution in [1.29, 1.82) is 10.5 Å². The van der Waals surface area contributed by atoms with Crippen LogP contribution < -0.4 is 0 Å². The first-order valence-electron chi connectivity index (χ1n) is 6.55. The molecule has 0 radical (unpaired) electrons. The zero-order chi connectivity index (χ0) is 15.4. The normalized spacial score (nSPS) is 12.7. The standard InChI is InChI=1S/C18H10N2S2/c19-11-14(12-20)9-16-5-4-15-8-13(2-1-3-17(15)16)10-18-21-6-7-22-18/h1-10H. The first-order valence-corrected chi connectivity index (χ1v) is 8.31. The number of rotatable bonds is 2. The molecule has 22 heavy (non-hydrogen) atoms. The summed E-state index contributed by atoms with van der Waals surface area (Å²) < 4.78 is 1.25. The largest absolute Gasteiger partial charge is 0.192 e. The first kappa shape index (κ1) is 14.5. The molecule has 0 saturated carbocycles. The van der Waals surface area contributed by atoms with Gasteiger partial charge in [0.1, 0.15) is 17.7 Å². The van der Waals surface area contributed by atoms with Crippen LogP contribution in [0.15, 0.2) is 57.0 Å². The van der Waals surface area contributed by atoms with Gasteiger partial charge in [0.2, 0.25) is 0 Å². The summed E-state index contributed by atoms with van der Waals surface area (Å²) in [5.74, 6) is 0. The van der Waals surface area contributed by atoms with Crippen molar-refractivity contribution in [1.82, 2.24) is 0 Å². The fourth-order valence-electron chi connectivity index (χ4n) is 2.21. The predicted octanol–water partition coefficient (Wildman–Crippen LogP) is 5.47. The monoisotopic (exact) mass is 318 g/mol. The van der Waals surface area contributed by atoms with E-state index in [9.17, 15) is 0 Å². The third-order valence-corrected chi connectivity index (χ3v) is 5.18. The second-order valence-corrected chi connectivity index (χ2v) is 6.73. The molecule has 0 unspecified atom stereocenters. The molecule has 3 aliphatic rings. The fraction of sp³-hybridized carbons (Fsp3) is 0. The fourth-order valence-corrected chi connectivity index (χ4v) is 3.89. The summed E-state index contributed by atoms with van der Waals surface area (Å²) in [6.07, 6.45) is 3.79. The molecule has 0 spiro atoms. The van der Waals surface area contributed by atoms with Crippen LogP contribution in [0.2, 0.25) is 0 Å². The van der Waals surface area contributed by atoms with Gasteiger partial charge in [-0.1, -0.05) is 53.9 Å². The van der Waals surface area contributed by atoms with E-state index in [1.54, 1.807) is 29.6 Å². The van der Waals surface area contributed by atoms with E-state index in [1.807, 2.05) is 36.4 Å². The Kier molecular flexibility index (Phi) is 4.34. The van der Waals surface area contributed by atoms with Gasteiger partial charge >= 0.3 is 0 Å².